The Morgan fingerprint density at radius 2 is 2.05 bits per heavy atom. The molecule has 0 radical (unpaired) electrons. The van der Waals surface area contributed by atoms with E-state index in [-0.39, 0.29) is 22.2 Å². The summed E-state index contributed by atoms with van der Waals surface area (Å²) in [5.41, 5.74) is 5.51. The molecule has 1 aromatic rings. The van der Waals surface area contributed by atoms with Crippen LogP contribution >= 0.6 is 0 Å². The lowest BCUT2D eigenvalue weighted by Gasteiger charge is -2.26. The lowest BCUT2D eigenvalue weighted by molar-refractivity contribution is 0.0692. The highest BCUT2D eigenvalue weighted by Crippen LogP contribution is 2.33. The van der Waals surface area contributed by atoms with Crippen LogP contribution in [0.15, 0.2) is 23.1 Å². The largest absolute Gasteiger partial charge is 0.478 e. The molecule has 1 fully saturated rings. The van der Waals surface area contributed by atoms with Crippen LogP contribution in [0.1, 0.15) is 37.0 Å². The molecule has 0 atom stereocenters. The summed E-state index contributed by atoms with van der Waals surface area (Å²) in [5.74, 6) is -0.916. The Morgan fingerprint density at radius 1 is 1.43 bits per heavy atom. The molecular formula is C14H20N2O4S. The number of anilines is 1. The Kier molecular flexibility index (Phi) is 4.25. The highest BCUT2D eigenvalue weighted by Gasteiger charge is 2.35. The van der Waals surface area contributed by atoms with Crippen LogP contribution in [0.3, 0.4) is 0 Å². The van der Waals surface area contributed by atoms with E-state index in [1.54, 1.807) is 13.8 Å². The maximum atomic E-state index is 12.8. The maximum Gasteiger partial charge on any atom is 0.337 e. The van der Waals surface area contributed by atoms with Crippen LogP contribution in [-0.4, -0.2) is 36.4 Å². The highest BCUT2D eigenvalue weighted by atomic mass is 32.2. The number of carbonyl (C=O) groups is 1. The van der Waals surface area contributed by atoms with E-state index in [0.717, 1.165) is 12.8 Å². The van der Waals surface area contributed by atoms with Crippen LogP contribution in [0.2, 0.25) is 0 Å². The summed E-state index contributed by atoms with van der Waals surface area (Å²) in [4.78, 5) is 11.1. The van der Waals surface area contributed by atoms with Gasteiger partial charge in [0.1, 0.15) is 0 Å². The fourth-order valence-corrected chi connectivity index (χ4v) is 4.09. The van der Waals surface area contributed by atoms with Crippen molar-refractivity contribution in [3.8, 4) is 0 Å². The molecule has 1 aliphatic carbocycles. The summed E-state index contributed by atoms with van der Waals surface area (Å²) in [6, 6.07) is 3.64. The fraction of sp³-hybridized carbons (Fsp3) is 0.500. The van der Waals surface area contributed by atoms with Gasteiger partial charge in [0, 0.05) is 18.3 Å². The zero-order valence-electron chi connectivity index (χ0n) is 12.1. The molecule has 0 aliphatic heterocycles. The maximum absolute atomic E-state index is 12.8. The van der Waals surface area contributed by atoms with Gasteiger partial charge in [-0.3, -0.25) is 0 Å². The van der Waals surface area contributed by atoms with Crippen molar-refractivity contribution in [2.75, 3.05) is 12.3 Å². The summed E-state index contributed by atoms with van der Waals surface area (Å²) in [6.45, 7) is 4.01. The van der Waals surface area contributed by atoms with Gasteiger partial charge in [-0.25, -0.2) is 13.2 Å². The molecule has 6 nitrogen and oxygen atoms in total. The quantitative estimate of drug-likeness (QED) is 0.780. The molecule has 0 unspecified atom stereocenters. The average molecular weight is 312 g/mol. The van der Waals surface area contributed by atoms with E-state index in [2.05, 4.69) is 0 Å². The summed E-state index contributed by atoms with van der Waals surface area (Å²) in [5, 5.41) is 9.23. The number of sulfonamides is 1. The first-order valence-electron chi connectivity index (χ1n) is 6.88. The Labute approximate surface area is 124 Å². The number of nitrogens with zero attached hydrogens (tertiary/aromatic N) is 1. The number of nitrogens with two attached hydrogens (primary N) is 1. The van der Waals surface area contributed by atoms with E-state index in [1.807, 2.05) is 0 Å². The number of aromatic carboxylic acids is 1. The first-order chi connectivity index (χ1) is 9.73. The molecule has 0 amide bonds. The molecule has 1 saturated carbocycles. The highest BCUT2D eigenvalue weighted by molar-refractivity contribution is 7.89. The Bertz CT molecular complexity index is 651. The van der Waals surface area contributed by atoms with Gasteiger partial charge in [0.05, 0.1) is 10.5 Å². The topological polar surface area (TPSA) is 101 Å². The normalized spacial score (nSPS) is 15.6. The lowest BCUT2D eigenvalue weighted by Crippen LogP contribution is -2.39. The smallest absolute Gasteiger partial charge is 0.337 e. The average Bonchev–Trinajstić information content (AvgIpc) is 3.18. The number of hydrogen-bond donors (Lipinski definition) is 2. The molecule has 1 aromatic carbocycles. The third-order valence-electron chi connectivity index (χ3n) is 3.53. The van der Waals surface area contributed by atoms with E-state index in [4.69, 9.17) is 5.73 Å². The van der Waals surface area contributed by atoms with Crippen molar-refractivity contribution >= 4 is 21.7 Å². The second kappa shape index (κ2) is 5.65. The minimum absolute atomic E-state index is 0.196. The van der Waals surface area contributed by atoms with E-state index in [0.29, 0.717) is 12.5 Å². The van der Waals surface area contributed by atoms with Crippen molar-refractivity contribution in [1.29, 1.82) is 0 Å². The number of carboxylic acid groups (broad SMARTS) is 1. The molecule has 0 bridgehead atoms. The predicted molar refractivity (Wildman–Crippen MR) is 79.6 cm³/mol. The van der Waals surface area contributed by atoms with Gasteiger partial charge in [0.2, 0.25) is 10.0 Å². The van der Waals surface area contributed by atoms with Crippen molar-refractivity contribution in [3.63, 3.8) is 0 Å². The van der Waals surface area contributed by atoms with Gasteiger partial charge in [-0.05, 0) is 50.8 Å². The van der Waals surface area contributed by atoms with Gasteiger partial charge >= 0.3 is 5.97 Å². The third-order valence-corrected chi connectivity index (χ3v) is 5.63. The fourth-order valence-electron chi connectivity index (χ4n) is 2.21. The molecule has 7 heteroatoms. The summed E-state index contributed by atoms with van der Waals surface area (Å²) in [7, 11) is -3.85. The number of rotatable bonds is 6. The molecule has 0 aromatic heterocycles. The monoisotopic (exact) mass is 312 g/mol. The third kappa shape index (κ3) is 3.36. The first kappa shape index (κ1) is 15.8. The van der Waals surface area contributed by atoms with Gasteiger partial charge in [-0.15, -0.1) is 0 Å². The van der Waals surface area contributed by atoms with Crippen molar-refractivity contribution < 1.29 is 18.3 Å². The molecule has 3 N–H and O–H groups in total. The summed E-state index contributed by atoms with van der Waals surface area (Å²) >= 11 is 0. The molecule has 0 saturated heterocycles. The number of hydrogen-bond acceptors (Lipinski definition) is 4. The van der Waals surface area contributed by atoms with Crippen molar-refractivity contribution in [2.45, 2.75) is 37.6 Å². The Hall–Kier alpha value is -1.60. The number of benzene rings is 1. The van der Waals surface area contributed by atoms with Crippen LogP contribution in [0.5, 0.6) is 0 Å². The van der Waals surface area contributed by atoms with Crippen LogP contribution in [-0.2, 0) is 10.0 Å². The zero-order valence-corrected chi connectivity index (χ0v) is 12.9. The summed E-state index contributed by atoms with van der Waals surface area (Å²) < 4.78 is 27.0. The molecule has 2 rings (SSSR count). The number of carboxylic acids is 1. The number of nitrogen functional groups attached to an aromatic ring is 1. The van der Waals surface area contributed by atoms with Gasteiger partial charge in [0.25, 0.3) is 0 Å². The molecule has 116 valence electrons. The molecule has 21 heavy (non-hydrogen) atoms. The van der Waals surface area contributed by atoms with Gasteiger partial charge in [-0.1, -0.05) is 0 Å². The van der Waals surface area contributed by atoms with E-state index in [1.165, 1.54) is 22.5 Å². The predicted octanol–water partition coefficient (Wildman–Crippen LogP) is 1.78. The minimum Gasteiger partial charge on any atom is -0.478 e. The van der Waals surface area contributed by atoms with Crippen LogP contribution in [0.25, 0.3) is 0 Å². The van der Waals surface area contributed by atoms with Crippen molar-refractivity contribution in [2.24, 2.45) is 5.92 Å². The van der Waals surface area contributed by atoms with E-state index < -0.39 is 16.0 Å². The minimum atomic E-state index is -3.85. The second-order valence-electron chi connectivity index (χ2n) is 5.67. The summed E-state index contributed by atoms with van der Waals surface area (Å²) in [6.07, 6.45) is 2.04. The van der Waals surface area contributed by atoms with E-state index >= 15 is 0 Å². The molecule has 1 aliphatic rings. The zero-order chi connectivity index (χ0) is 15.8. The second-order valence-corrected chi connectivity index (χ2v) is 7.53. The SMILES string of the molecule is CC(C)N(CC1CC1)S(=O)(=O)c1ccc(N)cc1C(=O)O. The van der Waals surface area contributed by atoms with Gasteiger partial charge in [0.15, 0.2) is 0 Å². The van der Waals surface area contributed by atoms with E-state index in [9.17, 15) is 18.3 Å². The van der Waals surface area contributed by atoms with Crippen LogP contribution in [0, 0.1) is 5.92 Å². The molecule has 0 heterocycles. The van der Waals surface area contributed by atoms with Crippen molar-refractivity contribution in [1.82, 2.24) is 4.31 Å². The standard InChI is InChI=1S/C14H20N2O4S/c1-9(2)16(8-10-3-4-10)21(19,20)13-6-5-11(15)7-12(13)14(17)18/h5-7,9-10H,3-4,8,15H2,1-2H3,(H,17,18). The van der Waals surface area contributed by atoms with Crippen molar-refractivity contribution in [3.05, 3.63) is 23.8 Å². The van der Waals surface area contributed by atoms with Gasteiger partial charge in [-0.2, -0.15) is 4.31 Å². The molecular weight excluding hydrogens is 292 g/mol. The Balaban J connectivity index is 2.48. The van der Waals surface area contributed by atoms with Gasteiger partial charge < -0.3 is 10.8 Å². The molecule has 0 spiro atoms. The first-order valence-corrected chi connectivity index (χ1v) is 8.32. The lowest BCUT2D eigenvalue weighted by atomic mass is 10.2. The van der Waals surface area contributed by atoms with Crippen LogP contribution < -0.4 is 5.73 Å². The Morgan fingerprint density at radius 3 is 2.52 bits per heavy atom. The van der Waals surface area contributed by atoms with Crippen LogP contribution in [0.4, 0.5) is 5.69 Å².